The van der Waals surface area contributed by atoms with Crippen molar-refractivity contribution in [2.45, 2.75) is 62.1 Å². The van der Waals surface area contributed by atoms with Gasteiger partial charge in [0.1, 0.15) is 5.75 Å². The van der Waals surface area contributed by atoms with Gasteiger partial charge in [0, 0.05) is 63.9 Å². The number of carbonyl (C=O) groups excluding carboxylic acids is 2. The summed E-state index contributed by atoms with van der Waals surface area (Å²) in [5, 5.41) is 0.688. The van der Waals surface area contributed by atoms with Gasteiger partial charge in [-0.05, 0) is 85.8 Å². The lowest BCUT2D eigenvalue weighted by Crippen LogP contribution is -2.50. The summed E-state index contributed by atoms with van der Waals surface area (Å²) in [6, 6.07) is 10.7. The molecule has 2 heterocycles. The van der Waals surface area contributed by atoms with Gasteiger partial charge in [0.2, 0.25) is 11.6 Å². The Morgan fingerprint density at radius 2 is 1.98 bits per heavy atom. The number of hydrogen-bond donors (Lipinski definition) is 1. The molecule has 2 amide bonds. The maximum atomic E-state index is 17.5. The summed E-state index contributed by atoms with van der Waals surface area (Å²) in [7, 11) is 1.38. The second-order valence-corrected chi connectivity index (χ2v) is 16.5. The minimum atomic E-state index is -4.36. The standard InChI is InChI=1S/C36H46ClFN4O6S/c1-40(2)49(45,46)39-34(44)36(38)20-33(43)41(3)17-6-5-9-31(47-4)28-13-10-25(28)21-42-22-35(23-48-32-15-11-26(36)19-30(32)42)16-7-8-24-18-27(37)12-14-29(24)35/h5,9,11-12,14-15,18-19,25,28,31H,6-8,10,13,16-17,20-23H2,1-4H3,(H,39,44)/b9-5-/t25-,28+,31-,35-,36-/m0/s1. The lowest BCUT2D eigenvalue weighted by Gasteiger charge is -2.46. The van der Waals surface area contributed by atoms with E-state index in [1.807, 2.05) is 22.9 Å². The maximum Gasteiger partial charge on any atom is 0.303 e. The number of alkyl halides is 1. The average molecular weight is 717 g/mol. The van der Waals surface area contributed by atoms with Crippen LogP contribution in [-0.4, -0.2) is 90.0 Å². The molecule has 1 fully saturated rings. The Bertz CT molecular complexity index is 1740. The highest BCUT2D eigenvalue weighted by Crippen LogP contribution is 2.48. The molecule has 2 aliphatic carbocycles. The molecule has 10 nitrogen and oxygen atoms in total. The van der Waals surface area contributed by atoms with Gasteiger partial charge in [0.15, 0.2) is 0 Å². The fourth-order valence-corrected chi connectivity index (χ4v) is 8.64. The monoisotopic (exact) mass is 716 g/mol. The Labute approximate surface area is 293 Å². The van der Waals surface area contributed by atoms with Gasteiger partial charge < -0.3 is 19.3 Å². The topological polar surface area (TPSA) is 108 Å². The van der Waals surface area contributed by atoms with E-state index in [1.54, 1.807) is 26.3 Å². The Morgan fingerprint density at radius 3 is 2.69 bits per heavy atom. The number of hydrogen-bond acceptors (Lipinski definition) is 7. The van der Waals surface area contributed by atoms with E-state index in [0.29, 0.717) is 42.6 Å². The molecule has 6 rings (SSSR count). The molecule has 0 radical (unpaired) electrons. The average Bonchev–Trinajstić information content (AvgIpc) is 3.20. The highest BCUT2D eigenvalue weighted by atomic mass is 35.5. The molecule has 0 unspecified atom stereocenters. The highest BCUT2D eigenvalue weighted by molar-refractivity contribution is 7.87. The summed E-state index contributed by atoms with van der Waals surface area (Å²) in [5.41, 5.74) is -0.511. The normalized spacial score (nSPS) is 29.7. The van der Waals surface area contributed by atoms with Gasteiger partial charge in [0.05, 0.1) is 24.8 Å². The van der Waals surface area contributed by atoms with Gasteiger partial charge in [-0.15, -0.1) is 0 Å². The molecular formula is C36H46ClFN4O6S. The molecule has 1 N–H and O–H groups in total. The Hall–Kier alpha value is -3.19. The predicted molar refractivity (Wildman–Crippen MR) is 187 cm³/mol. The Balaban J connectivity index is 1.48. The highest BCUT2D eigenvalue weighted by Gasteiger charge is 2.48. The van der Waals surface area contributed by atoms with Crippen molar-refractivity contribution in [3.63, 3.8) is 0 Å². The van der Waals surface area contributed by atoms with Crippen LogP contribution in [0.3, 0.4) is 0 Å². The van der Waals surface area contributed by atoms with Crippen LogP contribution in [0.4, 0.5) is 10.1 Å². The van der Waals surface area contributed by atoms with Crippen LogP contribution in [0.5, 0.6) is 5.75 Å². The molecule has 5 atom stereocenters. The maximum absolute atomic E-state index is 17.5. The van der Waals surface area contributed by atoms with E-state index in [-0.39, 0.29) is 35.5 Å². The number of ether oxygens (including phenoxy) is 2. The molecule has 2 aromatic rings. The van der Waals surface area contributed by atoms with Gasteiger partial charge in [-0.1, -0.05) is 35.9 Å². The third kappa shape index (κ3) is 6.94. The van der Waals surface area contributed by atoms with Crippen LogP contribution in [0.15, 0.2) is 48.6 Å². The SMILES string of the molecule is CO[C@H]1/C=C\CCN(C)C(=O)C[C@@](F)(C(=O)NS(=O)(=O)N(C)C)c2ccc3c(c2)N(C[C@@H]2CC[C@H]21)C[C@@]1(CCCc2cc(Cl)ccc21)CO3. The second kappa shape index (κ2) is 13.8. The summed E-state index contributed by atoms with van der Waals surface area (Å²) in [4.78, 5) is 30.8. The number of amides is 2. The lowest BCUT2D eigenvalue weighted by atomic mass is 9.68. The summed E-state index contributed by atoms with van der Waals surface area (Å²) >= 11 is 6.43. The van der Waals surface area contributed by atoms with Gasteiger partial charge in [-0.2, -0.15) is 12.7 Å². The molecule has 2 aromatic carbocycles. The van der Waals surface area contributed by atoms with Crippen molar-refractivity contribution in [3.8, 4) is 5.75 Å². The smallest absolute Gasteiger partial charge is 0.303 e. The van der Waals surface area contributed by atoms with Crippen LogP contribution in [0.2, 0.25) is 5.02 Å². The fourth-order valence-electron chi connectivity index (χ4n) is 7.86. The largest absolute Gasteiger partial charge is 0.490 e. The van der Waals surface area contributed by atoms with Crippen LogP contribution < -0.4 is 14.4 Å². The third-order valence-corrected chi connectivity index (χ3v) is 12.6. The molecule has 2 bridgehead atoms. The quantitative estimate of drug-likeness (QED) is 0.456. The van der Waals surface area contributed by atoms with Crippen LogP contribution in [0.1, 0.15) is 55.2 Å². The van der Waals surface area contributed by atoms with Gasteiger partial charge in [-0.25, -0.2) is 9.11 Å². The van der Waals surface area contributed by atoms with Crippen molar-refractivity contribution in [3.05, 3.63) is 70.3 Å². The molecular weight excluding hydrogens is 671 g/mol. The molecule has 0 saturated heterocycles. The van der Waals surface area contributed by atoms with E-state index >= 15 is 4.39 Å². The number of rotatable bonds is 4. The van der Waals surface area contributed by atoms with E-state index in [9.17, 15) is 18.0 Å². The number of fused-ring (bicyclic) bond motifs is 4. The number of carbonyl (C=O) groups is 2. The molecule has 4 aliphatic rings. The second-order valence-electron chi connectivity index (χ2n) is 14.2. The van der Waals surface area contributed by atoms with Crippen molar-refractivity contribution in [2.24, 2.45) is 11.8 Å². The van der Waals surface area contributed by atoms with E-state index < -0.39 is 34.1 Å². The molecule has 266 valence electrons. The summed E-state index contributed by atoms with van der Waals surface area (Å²) < 4.78 is 58.1. The molecule has 0 aromatic heterocycles. The Morgan fingerprint density at radius 1 is 1.18 bits per heavy atom. The number of methoxy groups -OCH3 is 1. The van der Waals surface area contributed by atoms with E-state index in [2.05, 4.69) is 17.0 Å². The van der Waals surface area contributed by atoms with Crippen molar-refractivity contribution in [1.82, 2.24) is 13.9 Å². The van der Waals surface area contributed by atoms with E-state index in [1.165, 1.54) is 36.2 Å². The first-order chi connectivity index (χ1) is 23.3. The zero-order valence-electron chi connectivity index (χ0n) is 28.6. The van der Waals surface area contributed by atoms with Crippen LogP contribution in [-0.2, 0) is 42.0 Å². The van der Waals surface area contributed by atoms with Crippen LogP contribution >= 0.6 is 11.6 Å². The number of halogens is 2. The van der Waals surface area contributed by atoms with Crippen molar-refractivity contribution in [1.29, 1.82) is 0 Å². The van der Waals surface area contributed by atoms with Crippen molar-refractivity contribution in [2.75, 3.05) is 59.4 Å². The number of aryl methyl sites for hydroxylation is 1. The van der Waals surface area contributed by atoms with E-state index in [0.717, 1.165) is 36.4 Å². The van der Waals surface area contributed by atoms with Crippen LogP contribution in [0.25, 0.3) is 0 Å². The number of nitrogens with one attached hydrogen (secondary N) is 1. The number of anilines is 1. The molecule has 1 saturated carbocycles. The molecule has 13 heteroatoms. The lowest BCUT2D eigenvalue weighted by molar-refractivity contribution is -0.141. The first-order valence-corrected chi connectivity index (χ1v) is 18.8. The minimum Gasteiger partial charge on any atom is -0.490 e. The van der Waals surface area contributed by atoms with Gasteiger partial charge in [-0.3, -0.25) is 9.59 Å². The van der Waals surface area contributed by atoms with Crippen molar-refractivity contribution < 1.29 is 31.9 Å². The third-order valence-electron chi connectivity index (χ3n) is 11.0. The fraction of sp³-hybridized carbons (Fsp3) is 0.556. The summed E-state index contributed by atoms with van der Waals surface area (Å²) in [5.74, 6) is -0.992. The summed E-state index contributed by atoms with van der Waals surface area (Å²) in [6.07, 6.45) is 8.33. The predicted octanol–water partition coefficient (Wildman–Crippen LogP) is 4.75. The van der Waals surface area contributed by atoms with E-state index in [4.69, 9.17) is 21.1 Å². The van der Waals surface area contributed by atoms with Crippen molar-refractivity contribution >= 4 is 39.3 Å². The molecule has 49 heavy (non-hydrogen) atoms. The number of nitrogens with zero attached hydrogens (tertiary/aromatic N) is 3. The van der Waals surface area contributed by atoms with Crippen LogP contribution in [0, 0.1) is 11.8 Å². The summed E-state index contributed by atoms with van der Waals surface area (Å²) in [6.45, 7) is 1.91. The van der Waals surface area contributed by atoms with Gasteiger partial charge in [0.25, 0.3) is 5.91 Å². The number of benzene rings is 2. The van der Waals surface area contributed by atoms with Gasteiger partial charge >= 0.3 is 10.2 Å². The molecule has 1 spiro atoms. The minimum absolute atomic E-state index is 0.0889. The first kappa shape index (κ1) is 35.6. The zero-order valence-corrected chi connectivity index (χ0v) is 30.2. The zero-order chi connectivity index (χ0) is 35.1. The Kier molecular flexibility index (Phi) is 10.1. The first-order valence-electron chi connectivity index (χ1n) is 16.9. The molecule has 2 aliphatic heterocycles.